The van der Waals surface area contributed by atoms with E-state index < -0.39 is 0 Å². The fourth-order valence-corrected chi connectivity index (χ4v) is 2.06. The van der Waals surface area contributed by atoms with E-state index in [0.29, 0.717) is 5.75 Å². The Labute approximate surface area is 97.8 Å². The van der Waals surface area contributed by atoms with Crippen LogP contribution in [0, 0.1) is 6.92 Å². The van der Waals surface area contributed by atoms with Gasteiger partial charge in [-0.05, 0) is 18.6 Å². The molecule has 0 aliphatic heterocycles. The van der Waals surface area contributed by atoms with Gasteiger partial charge < -0.3 is 14.9 Å². The number of hydrogen-bond acceptors (Lipinski definition) is 3. The molecule has 1 unspecified atom stereocenters. The number of rotatable bonds is 3. The Morgan fingerprint density at radius 1 is 1.53 bits per heavy atom. The Morgan fingerprint density at radius 2 is 2.13 bits per heavy atom. The molecule has 4 heteroatoms. The maximum Gasteiger partial charge on any atom is 0.164 e. The van der Waals surface area contributed by atoms with Gasteiger partial charge in [-0.1, -0.05) is 22.9 Å². The van der Waals surface area contributed by atoms with Crippen molar-refractivity contribution in [2.24, 2.45) is 0 Å². The van der Waals surface area contributed by atoms with Crippen LogP contribution in [0.3, 0.4) is 0 Å². The van der Waals surface area contributed by atoms with Gasteiger partial charge in [-0.3, -0.25) is 0 Å². The van der Waals surface area contributed by atoms with Crippen molar-refractivity contribution in [2.45, 2.75) is 19.8 Å². The highest BCUT2D eigenvalue weighted by atomic mass is 79.9. The summed E-state index contributed by atoms with van der Waals surface area (Å²) in [5.41, 5.74) is 1.82. The van der Waals surface area contributed by atoms with E-state index in [0.717, 1.165) is 15.6 Å². The zero-order valence-electron chi connectivity index (χ0n) is 9.04. The fraction of sp³-hybridized carbons (Fsp3) is 0.455. The first-order valence-electron chi connectivity index (χ1n) is 4.69. The fourth-order valence-electron chi connectivity index (χ4n) is 1.63. The van der Waals surface area contributed by atoms with Gasteiger partial charge in [0.15, 0.2) is 11.5 Å². The first kappa shape index (κ1) is 12.3. The van der Waals surface area contributed by atoms with Crippen LogP contribution in [-0.2, 0) is 0 Å². The molecule has 0 bridgehead atoms. The lowest BCUT2D eigenvalue weighted by Crippen LogP contribution is -2.05. The monoisotopic (exact) mass is 274 g/mol. The molecular formula is C11H15BrO3. The summed E-state index contributed by atoms with van der Waals surface area (Å²) in [6.45, 7) is 3.83. The van der Waals surface area contributed by atoms with Crippen molar-refractivity contribution in [3.05, 3.63) is 21.7 Å². The van der Waals surface area contributed by atoms with Crippen LogP contribution in [-0.4, -0.2) is 23.9 Å². The summed E-state index contributed by atoms with van der Waals surface area (Å²) in [5, 5.41) is 18.9. The van der Waals surface area contributed by atoms with Gasteiger partial charge in [-0.25, -0.2) is 0 Å². The van der Waals surface area contributed by atoms with E-state index in [1.807, 2.05) is 13.8 Å². The molecule has 1 aromatic rings. The van der Waals surface area contributed by atoms with E-state index in [-0.39, 0.29) is 18.3 Å². The van der Waals surface area contributed by atoms with Gasteiger partial charge in [0, 0.05) is 22.6 Å². The number of aliphatic hydroxyl groups excluding tert-OH is 1. The van der Waals surface area contributed by atoms with Crippen molar-refractivity contribution < 1.29 is 14.9 Å². The average Bonchev–Trinajstić information content (AvgIpc) is 2.21. The largest absolute Gasteiger partial charge is 0.504 e. The SMILES string of the molecule is COc1c(O)cc(Br)c(C)c1C(C)CO. The molecule has 0 amide bonds. The van der Waals surface area contributed by atoms with Crippen LogP contribution < -0.4 is 4.74 Å². The van der Waals surface area contributed by atoms with Crippen LogP contribution in [0.25, 0.3) is 0 Å². The molecule has 15 heavy (non-hydrogen) atoms. The molecule has 0 saturated carbocycles. The lowest BCUT2D eigenvalue weighted by Gasteiger charge is -2.18. The van der Waals surface area contributed by atoms with Crippen molar-refractivity contribution in [3.63, 3.8) is 0 Å². The molecule has 0 aliphatic carbocycles. The second kappa shape index (κ2) is 4.86. The molecule has 0 fully saturated rings. The van der Waals surface area contributed by atoms with Crippen LogP contribution >= 0.6 is 15.9 Å². The lowest BCUT2D eigenvalue weighted by atomic mass is 9.95. The number of phenols is 1. The Morgan fingerprint density at radius 3 is 2.60 bits per heavy atom. The highest BCUT2D eigenvalue weighted by Gasteiger charge is 2.19. The average molecular weight is 275 g/mol. The number of aromatic hydroxyl groups is 1. The van der Waals surface area contributed by atoms with Gasteiger partial charge >= 0.3 is 0 Å². The molecular weight excluding hydrogens is 260 g/mol. The molecule has 0 radical (unpaired) electrons. The van der Waals surface area contributed by atoms with Gasteiger partial charge in [-0.2, -0.15) is 0 Å². The van der Waals surface area contributed by atoms with E-state index in [4.69, 9.17) is 9.84 Å². The maximum atomic E-state index is 9.70. The highest BCUT2D eigenvalue weighted by molar-refractivity contribution is 9.10. The minimum Gasteiger partial charge on any atom is -0.504 e. The molecule has 1 aromatic carbocycles. The third-order valence-corrected chi connectivity index (χ3v) is 3.30. The Kier molecular flexibility index (Phi) is 3.99. The van der Waals surface area contributed by atoms with Crippen molar-refractivity contribution >= 4 is 15.9 Å². The number of aliphatic hydroxyl groups is 1. The topological polar surface area (TPSA) is 49.7 Å². The summed E-state index contributed by atoms with van der Waals surface area (Å²) in [6, 6.07) is 1.60. The van der Waals surface area contributed by atoms with E-state index >= 15 is 0 Å². The third kappa shape index (κ3) is 2.26. The van der Waals surface area contributed by atoms with Gasteiger partial charge in [0.05, 0.1) is 7.11 Å². The number of ether oxygens (including phenoxy) is 1. The molecule has 0 aromatic heterocycles. The summed E-state index contributed by atoms with van der Waals surface area (Å²) in [4.78, 5) is 0. The standard InChI is InChI=1S/C11H15BrO3/c1-6(5-13)10-7(2)8(12)4-9(14)11(10)15-3/h4,6,13-14H,5H2,1-3H3. The smallest absolute Gasteiger partial charge is 0.164 e. The number of hydrogen-bond donors (Lipinski definition) is 2. The molecule has 1 rings (SSSR count). The number of methoxy groups -OCH3 is 1. The van der Waals surface area contributed by atoms with E-state index in [1.54, 1.807) is 6.07 Å². The van der Waals surface area contributed by atoms with Crippen LogP contribution in [0.4, 0.5) is 0 Å². The molecule has 0 heterocycles. The van der Waals surface area contributed by atoms with Crippen molar-refractivity contribution in [1.29, 1.82) is 0 Å². The summed E-state index contributed by atoms with van der Waals surface area (Å²) < 4.78 is 5.97. The number of benzene rings is 1. The molecule has 1 atom stereocenters. The zero-order chi connectivity index (χ0) is 11.6. The van der Waals surface area contributed by atoms with Crippen LogP contribution in [0.1, 0.15) is 24.0 Å². The normalized spacial score (nSPS) is 12.6. The third-order valence-electron chi connectivity index (χ3n) is 2.47. The molecule has 2 N–H and O–H groups in total. The highest BCUT2D eigenvalue weighted by Crippen LogP contribution is 2.40. The molecule has 0 saturated heterocycles. The van der Waals surface area contributed by atoms with E-state index in [2.05, 4.69) is 15.9 Å². The minimum atomic E-state index is -0.0663. The Bertz CT molecular complexity index is 363. The van der Waals surface area contributed by atoms with Crippen LogP contribution in [0.2, 0.25) is 0 Å². The maximum absolute atomic E-state index is 9.70. The molecule has 3 nitrogen and oxygen atoms in total. The lowest BCUT2D eigenvalue weighted by molar-refractivity contribution is 0.268. The summed E-state index contributed by atoms with van der Waals surface area (Å²) >= 11 is 3.36. The van der Waals surface area contributed by atoms with Crippen molar-refractivity contribution in [3.8, 4) is 11.5 Å². The quantitative estimate of drug-likeness (QED) is 0.891. The van der Waals surface area contributed by atoms with Crippen LogP contribution in [0.5, 0.6) is 11.5 Å². The van der Waals surface area contributed by atoms with Gasteiger partial charge in [-0.15, -0.1) is 0 Å². The predicted molar refractivity (Wildman–Crippen MR) is 62.6 cm³/mol. The molecule has 0 spiro atoms. The van der Waals surface area contributed by atoms with Crippen molar-refractivity contribution in [1.82, 2.24) is 0 Å². The zero-order valence-corrected chi connectivity index (χ0v) is 10.6. The summed E-state index contributed by atoms with van der Waals surface area (Å²) in [5.74, 6) is 0.464. The molecule has 84 valence electrons. The van der Waals surface area contributed by atoms with Gasteiger partial charge in [0.25, 0.3) is 0 Å². The first-order valence-corrected chi connectivity index (χ1v) is 5.49. The first-order chi connectivity index (χ1) is 7.02. The second-order valence-electron chi connectivity index (χ2n) is 3.53. The summed E-state index contributed by atoms with van der Waals surface area (Å²) in [6.07, 6.45) is 0. The van der Waals surface area contributed by atoms with Gasteiger partial charge in [0.1, 0.15) is 0 Å². The van der Waals surface area contributed by atoms with Gasteiger partial charge in [0.2, 0.25) is 0 Å². The number of phenolic OH excluding ortho intramolecular Hbond substituents is 1. The Balaban J connectivity index is 3.43. The predicted octanol–water partition coefficient (Wildman–Crippen LogP) is 2.57. The second-order valence-corrected chi connectivity index (χ2v) is 4.39. The van der Waals surface area contributed by atoms with Crippen molar-refractivity contribution in [2.75, 3.05) is 13.7 Å². The van der Waals surface area contributed by atoms with E-state index in [1.165, 1.54) is 7.11 Å². The number of halogens is 1. The van der Waals surface area contributed by atoms with Crippen LogP contribution in [0.15, 0.2) is 10.5 Å². The minimum absolute atomic E-state index is 0.0209. The summed E-state index contributed by atoms with van der Waals surface area (Å²) in [7, 11) is 1.51. The Hall–Kier alpha value is -0.740. The van der Waals surface area contributed by atoms with E-state index in [9.17, 15) is 5.11 Å². The molecule has 0 aliphatic rings.